The minimum absolute atomic E-state index is 0.0272. The van der Waals surface area contributed by atoms with Crippen molar-refractivity contribution in [2.45, 2.75) is 19.9 Å². The minimum atomic E-state index is -0.833. The number of anilines is 2. The van der Waals surface area contributed by atoms with Crippen LogP contribution in [0.4, 0.5) is 11.4 Å². The predicted octanol–water partition coefficient (Wildman–Crippen LogP) is 2.52. The number of benzene rings is 2. The van der Waals surface area contributed by atoms with E-state index >= 15 is 0 Å². The zero-order valence-electron chi connectivity index (χ0n) is 21.6. The summed E-state index contributed by atoms with van der Waals surface area (Å²) in [5, 5.41) is 22.9. The summed E-state index contributed by atoms with van der Waals surface area (Å²) in [4.78, 5) is 28.8. The van der Waals surface area contributed by atoms with Crippen molar-refractivity contribution in [2.24, 2.45) is 5.73 Å². The second-order valence-corrected chi connectivity index (χ2v) is 8.07. The molecule has 0 aliphatic heterocycles. The highest BCUT2D eigenvalue weighted by molar-refractivity contribution is 5.95. The van der Waals surface area contributed by atoms with E-state index in [0.29, 0.717) is 35.2 Å². The summed E-state index contributed by atoms with van der Waals surface area (Å²) in [5.74, 6) is 0.848. The lowest BCUT2D eigenvalue weighted by Crippen LogP contribution is -2.18. The van der Waals surface area contributed by atoms with E-state index < -0.39 is 17.7 Å². The van der Waals surface area contributed by atoms with Gasteiger partial charge in [0.2, 0.25) is 0 Å². The second-order valence-electron chi connectivity index (χ2n) is 8.07. The van der Waals surface area contributed by atoms with Crippen LogP contribution in [0.25, 0.3) is 5.82 Å². The molecular formula is C26H30N8O5. The summed E-state index contributed by atoms with van der Waals surface area (Å²) < 4.78 is 12.3. The lowest BCUT2D eigenvalue weighted by Gasteiger charge is -2.20. The molecule has 0 unspecified atom stereocenters. The molecule has 13 heteroatoms. The van der Waals surface area contributed by atoms with Gasteiger partial charge in [-0.25, -0.2) is 9.78 Å². The number of nitrogen functional groups attached to an aromatic ring is 2. The van der Waals surface area contributed by atoms with Gasteiger partial charge in [-0.1, -0.05) is 6.07 Å². The third-order valence-corrected chi connectivity index (χ3v) is 5.25. The Bertz CT molecular complexity index is 1490. The van der Waals surface area contributed by atoms with Crippen molar-refractivity contribution in [3.8, 4) is 17.3 Å². The lowest BCUT2D eigenvalue weighted by molar-refractivity contribution is -0.134. The Morgan fingerprint density at radius 3 is 2.49 bits per heavy atom. The average molecular weight is 535 g/mol. The highest BCUT2D eigenvalue weighted by Crippen LogP contribution is 2.33. The molecule has 0 radical (unpaired) electrons. The van der Waals surface area contributed by atoms with Crippen LogP contribution < -0.4 is 31.9 Å². The Hall–Kier alpha value is -5.33. The van der Waals surface area contributed by atoms with Crippen molar-refractivity contribution in [1.29, 1.82) is 5.41 Å². The van der Waals surface area contributed by atoms with Crippen LogP contribution in [-0.2, 0) is 4.79 Å². The van der Waals surface area contributed by atoms with Crippen LogP contribution in [0.2, 0.25) is 0 Å². The number of amidine groups is 1. The van der Waals surface area contributed by atoms with Gasteiger partial charge >= 0.3 is 5.69 Å². The van der Waals surface area contributed by atoms with Crippen LogP contribution in [0.1, 0.15) is 36.8 Å². The number of hydrogen-bond donors (Lipinski definition) is 6. The van der Waals surface area contributed by atoms with Crippen molar-refractivity contribution >= 4 is 23.2 Å². The van der Waals surface area contributed by atoms with Gasteiger partial charge in [0, 0.05) is 24.4 Å². The Balaban J connectivity index is 0.000000983. The standard InChI is InChI=1S/C24H26N8O3.C2H4O2/c1-3-35-19-13-15(8-11-18(19)34-2)20(29-16-9-6-14(7-10-16)21(26)27)22-30-24(33)32(31-22)23-17(25)5-4-12-28-23;1-2(3)4/h4-13,20,29H,3,25H2,1-2H3,(H3,26,27)(H,30,31,33);1H3,(H,3,4)/t20-;/m0./s1. The van der Waals surface area contributed by atoms with Gasteiger partial charge in [0.25, 0.3) is 5.97 Å². The molecule has 8 N–H and O–H groups in total. The van der Waals surface area contributed by atoms with E-state index in [9.17, 15) is 4.79 Å². The van der Waals surface area contributed by atoms with Gasteiger partial charge in [0.15, 0.2) is 23.1 Å². The first kappa shape index (κ1) is 28.2. The maximum atomic E-state index is 12.8. The van der Waals surface area contributed by atoms with Gasteiger partial charge in [-0.05, 0) is 61.0 Å². The maximum Gasteiger partial charge on any atom is 0.349 e. The number of rotatable bonds is 9. The number of carboxylic acids is 1. The second kappa shape index (κ2) is 12.8. The average Bonchev–Trinajstić information content (AvgIpc) is 3.28. The number of carbonyl (C=O) groups is 1. The van der Waals surface area contributed by atoms with Crippen LogP contribution in [-0.4, -0.2) is 50.4 Å². The fraction of sp³-hybridized carbons (Fsp3) is 0.192. The molecule has 39 heavy (non-hydrogen) atoms. The Morgan fingerprint density at radius 2 is 1.90 bits per heavy atom. The van der Waals surface area contributed by atoms with Crippen LogP contribution in [0, 0.1) is 5.41 Å². The van der Waals surface area contributed by atoms with Crippen molar-refractivity contribution in [1.82, 2.24) is 19.7 Å². The van der Waals surface area contributed by atoms with Crippen molar-refractivity contribution in [2.75, 3.05) is 24.8 Å². The maximum absolute atomic E-state index is 12.8. The first-order valence-corrected chi connectivity index (χ1v) is 11.8. The van der Waals surface area contributed by atoms with Crippen LogP contribution >= 0.6 is 0 Å². The van der Waals surface area contributed by atoms with E-state index in [4.69, 9.17) is 36.3 Å². The monoisotopic (exact) mass is 534 g/mol. The number of carboxylic acid groups (broad SMARTS) is 1. The Labute approximate surface area is 223 Å². The number of nitrogens with zero attached hydrogens (tertiary/aromatic N) is 3. The molecule has 4 rings (SSSR count). The molecule has 1 atom stereocenters. The molecule has 0 aliphatic rings. The molecular weight excluding hydrogens is 504 g/mol. The summed E-state index contributed by atoms with van der Waals surface area (Å²) in [5.41, 5.74) is 13.5. The van der Waals surface area contributed by atoms with E-state index in [-0.39, 0.29) is 11.7 Å². The van der Waals surface area contributed by atoms with Crippen LogP contribution in [0.15, 0.2) is 65.6 Å². The highest BCUT2D eigenvalue weighted by atomic mass is 16.5. The molecule has 0 aliphatic carbocycles. The summed E-state index contributed by atoms with van der Waals surface area (Å²) in [6, 6.07) is 15.3. The number of ether oxygens (including phenoxy) is 2. The Morgan fingerprint density at radius 1 is 1.21 bits per heavy atom. The SMILES string of the molecule is CC(=O)O.CCOc1cc([C@H](Nc2ccc(C(=N)N)cc2)c2nn(-c3ncccc3N)c(=O)[nH]2)ccc1OC. The van der Waals surface area contributed by atoms with Gasteiger partial charge in [-0.15, -0.1) is 5.10 Å². The van der Waals surface area contributed by atoms with Crippen molar-refractivity contribution in [3.05, 3.63) is 88.2 Å². The van der Waals surface area contributed by atoms with Gasteiger partial charge in [0.05, 0.1) is 19.4 Å². The summed E-state index contributed by atoms with van der Waals surface area (Å²) in [6.07, 6.45) is 1.54. The number of methoxy groups -OCH3 is 1. The van der Waals surface area contributed by atoms with Crippen LogP contribution in [0.3, 0.4) is 0 Å². The number of nitrogens with one attached hydrogen (secondary N) is 3. The zero-order chi connectivity index (χ0) is 28.5. The molecule has 0 fully saturated rings. The summed E-state index contributed by atoms with van der Waals surface area (Å²) in [6.45, 7) is 3.42. The number of aliphatic carboxylic acids is 1. The molecule has 2 aromatic carbocycles. The quantitative estimate of drug-likeness (QED) is 0.137. The number of aromatic amines is 1. The molecule has 4 aromatic rings. The molecule has 0 amide bonds. The summed E-state index contributed by atoms with van der Waals surface area (Å²) >= 11 is 0. The van der Waals surface area contributed by atoms with E-state index in [1.165, 1.54) is 6.20 Å². The number of H-pyrrole nitrogens is 1. The Kier molecular flexibility index (Phi) is 9.24. The molecule has 0 saturated heterocycles. The largest absolute Gasteiger partial charge is 0.493 e. The fourth-order valence-corrected chi connectivity index (χ4v) is 3.56. The van der Waals surface area contributed by atoms with Gasteiger partial charge in [-0.3, -0.25) is 15.2 Å². The van der Waals surface area contributed by atoms with Gasteiger partial charge < -0.3 is 31.4 Å². The molecule has 0 spiro atoms. The topological polar surface area (TPSA) is 207 Å². The first-order valence-electron chi connectivity index (χ1n) is 11.8. The molecule has 0 saturated carbocycles. The fourth-order valence-electron chi connectivity index (χ4n) is 3.56. The van der Waals surface area contributed by atoms with Crippen molar-refractivity contribution < 1.29 is 19.4 Å². The van der Waals surface area contributed by atoms with Gasteiger partial charge in [-0.2, -0.15) is 4.68 Å². The number of pyridine rings is 1. The van der Waals surface area contributed by atoms with Crippen molar-refractivity contribution in [3.63, 3.8) is 0 Å². The third kappa shape index (κ3) is 7.13. The third-order valence-electron chi connectivity index (χ3n) is 5.25. The number of hydrogen-bond acceptors (Lipinski definition) is 9. The smallest absolute Gasteiger partial charge is 0.349 e. The van der Waals surface area contributed by atoms with E-state index in [2.05, 4.69) is 20.4 Å². The molecule has 2 aromatic heterocycles. The molecule has 204 valence electrons. The number of nitrogens with two attached hydrogens (primary N) is 2. The first-order chi connectivity index (χ1) is 18.6. The number of aromatic nitrogens is 4. The molecule has 2 heterocycles. The van der Waals surface area contributed by atoms with E-state index in [0.717, 1.165) is 22.9 Å². The van der Waals surface area contributed by atoms with E-state index in [1.54, 1.807) is 49.6 Å². The normalized spacial score (nSPS) is 11.1. The summed E-state index contributed by atoms with van der Waals surface area (Å²) in [7, 11) is 1.57. The predicted molar refractivity (Wildman–Crippen MR) is 147 cm³/mol. The van der Waals surface area contributed by atoms with Crippen LogP contribution in [0.5, 0.6) is 11.5 Å². The minimum Gasteiger partial charge on any atom is -0.493 e. The zero-order valence-corrected chi connectivity index (χ0v) is 21.6. The lowest BCUT2D eigenvalue weighted by atomic mass is 10.0. The molecule has 0 bridgehead atoms. The van der Waals surface area contributed by atoms with Gasteiger partial charge in [0.1, 0.15) is 11.9 Å². The highest BCUT2D eigenvalue weighted by Gasteiger charge is 2.23. The van der Waals surface area contributed by atoms with E-state index in [1.807, 2.05) is 19.1 Å². The molecule has 13 nitrogen and oxygen atoms in total.